The number of likely N-dealkylation sites (N-methyl/N-ethyl adjacent to an activating group) is 1. The fraction of sp³-hybridized carbons (Fsp3) is 1.00. The first kappa shape index (κ1) is 12.9. The van der Waals surface area contributed by atoms with E-state index >= 15 is 0 Å². The lowest BCUT2D eigenvalue weighted by molar-refractivity contribution is 0.166. The predicted molar refractivity (Wildman–Crippen MR) is 63.9 cm³/mol. The van der Waals surface area contributed by atoms with Crippen molar-refractivity contribution in [3.8, 4) is 0 Å². The molecule has 1 aliphatic heterocycles. The molecule has 90 valence electrons. The van der Waals surface area contributed by atoms with Crippen LogP contribution < -0.4 is 5.73 Å². The van der Waals surface area contributed by atoms with Crippen LogP contribution >= 0.6 is 0 Å². The third-order valence-electron chi connectivity index (χ3n) is 3.53. The first-order valence-electron chi connectivity index (χ1n) is 6.18. The molecule has 3 heteroatoms. The Bertz CT molecular complexity index is 169. The summed E-state index contributed by atoms with van der Waals surface area (Å²) in [5.74, 6) is 0.571. The molecule has 0 bridgehead atoms. The van der Waals surface area contributed by atoms with E-state index in [0.717, 1.165) is 26.2 Å². The molecule has 2 N–H and O–H groups in total. The Morgan fingerprint density at radius 2 is 2.27 bits per heavy atom. The lowest BCUT2D eigenvalue weighted by atomic mass is 9.99. The standard InChI is InChI=1S/C12H26N2O/c1-4-5-10(2)14(3)8-12(13)11-6-7-15-9-11/h10-12H,4-9,13H2,1-3H3. The lowest BCUT2D eigenvalue weighted by Gasteiger charge is -2.29. The van der Waals surface area contributed by atoms with Gasteiger partial charge in [-0.3, -0.25) is 0 Å². The molecule has 0 saturated carbocycles. The fourth-order valence-electron chi connectivity index (χ4n) is 2.19. The maximum absolute atomic E-state index is 6.19. The van der Waals surface area contributed by atoms with Crippen molar-refractivity contribution in [3.63, 3.8) is 0 Å². The molecule has 1 rings (SSSR count). The molecular weight excluding hydrogens is 188 g/mol. The van der Waals surface area contributed by atoms with E-state index in [0.29, 0.717) is 12.0 Å². The minimum absolute atomic E-state index is 0.275. The van der Waals surface area contributed by atoms with Gasteiger partial charge in [0, 0.05) is 31.2 Å². The average molecular weight is 214 g/mol. The van der Waals surface area contributed by atoms with E-state index in [1.807, 2.05) is 0 Å². The average Bonchev–Trinajstić information content (AvgIpc) is 2.70. The summed E-state index contributed by atoms with van der Waals surface area (Å²) >= 11 is 0. The summed E-state index contributed by atoms with van der Waals surface area (Å²) in [4.78, 5) is 2.38. The van der Waals surface area contributed by atoms with Crippen LogP contribution in [0, 0.1) is 5.92 Å². The summed E-state index contributed by atoms with van der Waals surface area (Å²) in [5, 5.41) is 0. The normalized spacial score (nSPS) is 25.8. The molecular formula is C12H26N2O. The SMILES string of the molecule is CCCC(C)N(C)CC(N)C1CCOC1. The number of hydrogen-bond acceptors (Lipinski definition) is 3. The molecule has 0 aliphatic carbocycles. The molecule has 0 radical (unpaired) electrons. The molecule has 1 fully saturated rings. The molecule has 0 aromatic rings. The summed E-state index contributed by atoms with van der Waals surface area (Å²) in [7, 11) is 2.18. The minimum Gasteiger partial charge on any atom is -0.381 e. The number of nitrogens with two attached hydrogens (primary N) is 1. The molecule has 1 heterocycles. The maximum Gasteiger partial charge on any atom is 0.0510 e. The van der Waals surface area contributed by atoms with Crippen molar-refractivity contribution >= 4 is 0 Å². The smallest absolute Gasteiger partial charge is 0.0510 e. The highest BCUT2D eigenvalue weighted by Gasteiger charge is 2.24. The highest BCUT2D eigenvalue weighted by atomic mass is 16.5. The summed E-state index contributed by atoms with van der Waals surface area (Å²) < 4.78 is 5.37. The largest absolute Gasteiger partial charge is 0.381 e. The molecule has 0 amide bonds. The van der Waals surface area contributed by atoms with Gasteiger partial charge in [0.25, 0.3) is 0 Å². The Morgan fingerprint density at radius 3 is 2.80 bits per heavy atom. The van der Waals surface area contributed by atoms with Crippen LogP contribution in [-0.2, 0) is 4.74 Å². The summed E-state index contributed by atoms with van der Waals surface area (Å²) in [5.41, 5.74) is 6.19. The number of rotatable bonds is 6. The zero-order valence-corrected chi connectivity index (χ0v) is 10.4. The zero-order valence-electron chi connectivity index (χ0n) is 10.4. The van der Waals surface area contributed by atoms with Crippen molar-refractivity contribution < 1.29 is 4.74 Å². The molecule has 0 aromatic heterocycles. The number of hydrogen-bond donors (Lipinski definition) is 1. The predicted octanol–water partition coefficient (Wildman–Crippen LogP) is 1.47. The number of nitrogens with zero attached hydrogens (tertiary/aromatic N) is 1. The van der Waals surface area contributed by atoms with Crippen molar-refractivity contribution in [1.29, 1.82) is 0 Å². The van der Waals surface area contributed by atoms with Gasteiger partial charge in [-0.1, -0.05) is 13.3 Å². The van der Waals surface area contributed by atoms with E-state index in [-0.39, 0.29) is 6.04 Å². The number of ether oxygens (including phenoxy) is 1. The van der Waals surface area contributed by atoms with E-state index in [9.17, 15) is 0 Å². The third-order valence-corrected chi connectivity index (χ3v) is 3.53. The first-order chi connectivity index (χ1) is 7.15. The van der Waals surface area contributed by atoms with Crippen molar-refractivity contribution in [2.45, 2.75) is 45.2 Å². The van der Waals surface area contributed by atoms with Crippen LogP contribution in [0.4, 0.5) is 0 Å². The molecule has 1 saturated heterocycles. The molecule has 15 heavy (non-hydrogen) atoms. The van der Waals surface area contributed by atoms with E-state index in [1.54, 1.807) is 0 Å². The summed E-state index contributed by atoms with van der Waals surface area (Å²) in [6.45, 7) is 7.26. The van der Waals surface area contributed by atoms with Gasteiger partial charge in [-0.25, -0.2) is 0 Å². The Balaban J connectivity index is 2.26. The van der Waals surface area contributed by atoms with E-state index < -0.39 is 0 Å². The molecule has 0 aromatic carbocycles. The van der Waals surface area contributed by atoms with Crippen LogP contribution in [0.1, 0.15) is 33.1 Å². The lowest BCUT2D eigenvalue weighted by Crippen LogP contribution is -2.44. The second-order valence-electron chi connectivity index (χ2n) is 4.86. The van der Waals surface area contributed by atoms with Gasteiger partial charge < -0.3 is 15.4 Å². The van der Waals surface area contributed by atoms with Crippen LogP contribution in [0.2, 0.25) is 0 Å². The van der Waals surface area contributed by atoms with Crippen LogP contribution in [0.5, 0.6) is 0 Å². The fourth-order valence-corrected chi connectivity index (χ4v) is 2.19. The maximum atomic E-state index is 6.19. The van der Waals surface area contributed by atoms with Gasteiger partial charge in [0.2, 0.25) is 0 Å². The van der Waals surface area contributed by atoms with E-state index in [4.69, 9.17) is 10.5 Å². The van der Waals surface area contributed by atoms with Crippen molar-refractivity contribution in [1.82, 2.24) is 4.90 Å². The van der Waals surface area contributed by atoms with Gasteiger partial charge in [0.1, 0.15) is 0 Å². The molecule has 3 atom stereocenters. The van der Waals surface area contributed by atoms with E-state index in [2.05, 4.69) is 25.8 Å². The Kier molecular flexibility index (Phi) is 5.58. The van der Waals surface area contributed by atoms with Crippen LogP contribution in [0.3, 0.4) is 0 Å². The highest BCUT2D eigenvalue weighted by molar-refractivity contribution is 4.79. The second kappa shape index (κ2) is 6.46. The van der Waals surface area contributed by atoms with Crippen molar-refractivity contribution in [2.24, 2.45) is 11.7 Å². The third kappa shape index (κ3) is 4.09. The Hall–Kier alpha value is -0.120. The summed E-state index contributed by atoms with van der Waals surface area (Å²) in [6, 6.07) is 0.917. The van der Waals surface area contributed by atoms with Gasteiger partial charge in [-0.15, -0.1) is 0 Å². The van der Waals surface area contributed by atoms with Gasteiger partial charge in [-0.05, 0) is 26.8 Å². The quantitative estimate of drug-likeness (QED) is 0.727. The highest BCUT2D eigenvalue weighted by Crippen LogP contribution is 2.16. The van der Waals surface area contributed by atoms with Crippen LogP contribution in [0.15, 0.2) is 0 Å². The topological polar surface area (TPSA) is 38.5 Å². The van der Waals surface area contributed by atoms with Crippen molar-refractivity contribution in [2.75, 3.05) is 26.8 Å². The monoisotopic (exact) mass is 214 g/mol. The molecule has 3 nitrogen and oxygen atoms in total. The van der Waals surface area contributed by atoms with Gasteiger partial charge >= 0.3 is 0 Å². The Labute approximate surface area is 94.0 Å². The minimum atomic E-state index is 0.275. The van der Waals surface area contributed by atoms with Crippen LogP contribution in [-0.4, -0.2) is 43.8 Å². The molecule has 3 unspecified atom stereocenters. The van der Waals surface area contributed by atoms with Crippen molar-refractivity contribution in [3.05, 3.63) is 0 Å². The first-order valence-corrected chi connectivity index (χ1v) is 6.18. The molecule has 1 aliphatic rings. The van der Waals surface area contributed by atoms with E-state index in [1.165, 1.54) is 12.8 Å². The van der Waals surface area contributed by atoms with Crippen LogP contribution in [0.25, 0.3) is 0 Å². The summed E-state index contributed by atoms with van der Waals surface area (Å²) in [6.07, 6.45) is 3.63. The zero-order chi connectivity index (χ0) is 11.3. The van der Waals surface area contributed by atoms with Gasteiger partial charge in [0.05, 0.1) is 6.61 Å². The Morgan fingerprint density at radius 1 is 1.53 bits per heavy atom. The van der Waals surface area contributed by atoms with Gasteiger partial charge in [0.15, 0.2) is 0 Å². The second-order valence-corrected chi connectivity index (χ2v) is 4.86. The molecule has 0 spiro atoms. The van der Waals surface area contributed by atoms with Gasteiger partial charge in [-0.2, -0.15) is 0 Å².